The van der Waals surface area contributed by atoms with Gasteiger partial charge in [-0.2, -0.15) is 0 Å². The molecule has 0 radical (unpaired) electrons. The lowest BCUT2D eigenvalue weighted by molar-refractivity contribution is 0.281. The molecular weight excluding hydrogens is 271 g/mol. The van der Waals surface area contributed by atoms with E-state index in [4.69, 9.17) is 0 Å². The van der Waals surface area contributed by atoms with Crippen LogP contribution < -0.4 is 5.32 Å². The minimum absolute atomic E-state index is 0.0938. The van der Waals surface area contributed by atoms with Crippen LogP contribution in [0.15, 0.2) is 18.2 Å². The second-order valence-electron chi connectivity index (χ2n) is 5.02. The first kappa shape index (κ1) is 15.4. The minimum Gasteiger partial charge on any atom is -0.315 e. The molecule has 0 amide bonds. The van der Waals surface area contributed by atoms with E-state index < -0.39 is 0 Å². The summed E-state index contributed by atoms with van der Waals surface area (Å²) >= 11 is 1.70. The summed E-state index contributed by atoms with van der Waals surface area (Å²) in [7, 11) is 1.94. The van der Waals surface area contributed by atoms with Crippen molar-refractivity contribution in [3.63, 3.8) is 0 Å². The first-order valence-corrected chi connectivity index (χ1v) is 8.08. The molecule has 0 aliphatic carbocycles. The van der Waals surface area contributed by atoms with E-state index >= 15 is 0 Å². The van der Waals surface area contributed by atoms with Gasteiger partial charge in [0.25, 0.3) is 0 Å². The second kappa shape index (κ2) is 7.16. The first-order valence-electron chi connectivity index (χ1n) is 7.26. The largest absolute Gasteiger partial charge is 0.315 e. The van der Waals surface area contributed by atoms with E-state index in [2.05, 4.69) is 24.1 Å². The van der Waals surface area contributed by atoms with Gasteiger partial charge in [-0.25, -0.2) is 4.39 Å². The molecule has 1 heterocycles. The van der Waals surface area contributed by atoms with Crippen LogP contribution in [0.25, 0.3) is 10.1 Å². The van der Waals surface area contributed by atoms with Crippen LogP contribution >= 0.6 is 11.3 Å². The van der Waals surface area contributed by atoms with Crippen LogP contribution in [0.1, 0.15) is 30.7 Å². The third-order valence-corrected chi connectivity index (χ3v) is 4.75. The van der Waals surface area contributed by atoms with Crippen molar-refractivity contribution in [2.75, 3.05) is 20.1 Å². The molecule has 0 aliphatic rings. The highest BCUT2D eigenvalue weighted by Crippen LogP contribution is 2.34. The lowest BCUT2D eigenvalue weighted by Gasteiger charge is -2.20. The highest BCUT2D eigenvalue weighted by molar-refractivity contribution is 7.19. The first-order chi connectivity index (χ1) is 9.71. The molecule has 2 nitrogen and oxygen atoms in total. The Morgan fingerprint density at radius 1 is 1.30 bits per heavy atom. The number of nitrogens with one attached hydrogen (secondary N) is 1. The molecule has 0 saturated carbocycles. The number of fused-ring (bicyclic) bond motifs is 1. The summed E-state index contributed by atoms with van der Waals surface area (Å²) in [6.45, 7) is 8.04. The van der Waals surface area contributed by atoms with Crippen molar-refractivity contribution in [3.8, 4) is 0 Å². The van der Waals surface area contributed by atoms with Crippen molar-refractivity contribution >= 4 is 21.4 Å². The fraction of sp³-hybridized carbons (Fsp3) is 0.500. The van der Waals surface area contributed by atoms with E-state index in [0.717, 1.165) is 48.2 Å². The predicted octanol–water partition coefficient (Wildman–Crippen LogP) is 3.99. The summed E-state index contributed by atoms with van der Waals surface area (Å²) in [6.07, 6.45) is 1.12. The predicted molar refractivity (Wildman–Crippen MR) is 85.8 cm³/mol. The fourth-order valence-electron chi connectivity index (χ4n) is 2.58. The van der Waals surface area contributed by atoms with Gasteiger partial charge in [-0.3, -0.25) is 4.90 Å². The van der Waals surface area contributed by atoms with Crippen molar-refractivity contribution in [1.29, 1.82) is 0 Å². The number of nitrogens with zero attached hydrogens (tertiary/aromatic N) is 1. The molecule has 1 aromatic carbocycles. The number of thiophene rings is 1. The van der Waals surface area contributed by atoms with E-state index in [1.54, 1.807) is 23.5 Å². The van der Waals surface area contributed by atoms with E-state index in [1.807, 2.05) is 13.1 Å². The van der Waals surface area contributed by atoms with Crippen LogP contribution in [-0.2, 0) is 13.1 Å². The van der Waals surface area contributed by atoms with Gasteiger partial charge in [-0.1, -0.05) is 19.9 Å². The molecular formula is C16H23FN2S. The van der Waals surface area contributed by atoms with Gasteiger partial charge in [0.1, 0.15) is 5.82 Å². The molecule has 0 aliphatic heterocycles. The molecule has 2 rings (SSSR count). The Bertz CT molecular complexity index is 565. The van der Waals surface area contributed by atoms with Crippen LogP contribution in [-0.4, -0.2) is 25.0 Å². The third-order valence-electron chi connectivity index (χ3n) is 3.55. The maximum absolute atomic E-state index is 14.2. The van der Waals surface area contributed by atoms with Gasteiger partial charge >= 0.3 is 0 Å². The van der Waals surface area contributed by atoms with Gasteiger partial charge in [-0.15, -0.1) is 11.3 Å². The third kappa shape index (κ3) is 3.19. The average Bonchev–Trinajstić information content (AvgIpc) is 2.78. The molecule has 4 heteroatoms. The van der Waals surface area contributed by atoms with Crippen LogP contribution in [0, 0.1) is 5.82 Å². The second-order valence-corrected chi connectivity index (χ2v) is 6.15. The topological polar surface area (TPSA) is 15.3 Å². The lowest BCUT2D eigenvalue weighted by atomic mass is 10.1. The summed E-state index contributed by atoms with van der Waals surface area (Å²) < 4.78 is 15.3. The summed E-state index contributed by atoms with van der Waals surface area (Å²) in [5.74, 6) is -0.0938. The zero-order chi connectivity index (χ0) is 14.5. The zero-order valence-electron chi connectivity index (χ0n) is 12.5. The molecule has 1 N–H and O–H groups in total. The molecule has 0 saturated heterocycles. The van der Waals surface area contributed by atoms with Crippen molar-refractivity contribution in [1.82, 2.24) is 10.2 Å². The molecule has 20 heavy (non-hydrogen) atoms. The van der Waals surface area contributed by atoms with E-state index in [-0.39, 0.29) is 5.82 Å². The molecule has 0 fully saturated rings. The van der Waals surface area contributed by atoms with Gasteiger partial charge in [0.2, 0.25) is 0 Å². The van der Waals surface area contributed by atoms with Crippen molar-refractivity contribution in [2.24, 2.45) is 0 Å². The lowest BCUT2D eigenvalue weighted by Crippen LogP contribution is -2.24. The monoisotopic (exact) mass is 294 g/mol. The van der Waals surface area contributed by atoms with Crippen LogP contribution in [0.5, 0.6) is 0 Å². The number of halogens is 1. The Kier molecular flexibility index (Phi) is 5.52. The van der Waals surface area contributed by atoms with E-state index in [1.165, 1.54) is 4.88 Å². The van der Waals surface area contributed by atoms with E-state index in [0.29, 0.717) is 0 Å². The highest BCUT2D eigenvalue weighted by Gasteiger charge is 2.17. The normalized spacial score (nSPS) is 11.7. The standard InChI is InChI=1S/C16H23FN2S/c1-4-9-19(5-2)11-12-15(10-18-3)20-14-8-6-7-13(17)16(12)14/h6-8,18H,4-5,9-11H2,1-3H3. The van der Waals surface area contributed by atoms with Crippen LogP contribution in [0.4, 0.5) is 4.39 Å². The SMILES string of the molecule is CCCN(CC)Cc1c(CNC)sc2cccc(F)c12. The van der Waals surface area contributed by atoms with E-state index in [9.17, 15) is 4.39 Å². The van der Waals surface area contributed by atoms with Crippen LogP contribution in [0.2, 0.25) is 0 Å². The number of rotatable bonds is 7. The molecule has 0 spiro atoms. The van der Waals surface area contributed by atoms with Crippen LogP contribution in [0.3, 0.4) is 0 Å². The number of benzene rings is 1. The minimum atomic E-state index is -0.0938. The molecule has 2 aromatic rings. The summed E-state index contributed by atoms with van der Waals surface area (Å²) in [5.41, 5.74) is 1.16. The van der Waals surface area contributed by atoms with Gasteiger partial charge in [0, 0.05) is 28.1 Å². The molecule has 110 valence electrons. The number of hydrogen-bond acceptors (Lipinski definition) is 3. The maximum atomic E-state index is 14.2. The fourth-order valence-corrected chi connectivity index (χ4v) is 3.82. The Morgan fingerprint density at radius 3 is 2.75 bits per heavy atom. The van der Waals surface area contributed by atoms with Gasteiger partial charge in [0.15, 0.2) is 0 Å². The molecule has 0 bridgehead atoms. The Balaban J connectivity index is 2.44. The Morgan fingerprint density at radius 2 is 2.10 bits per heavy atom. The number of hydrogen-bond donors (Lipinski definition) is 1. The highest BCUT2D eigenvalue weighted by atomic mass is 32.1. The van der Waals surface area contributed by atoms with Crippen molar-refractivity contribution in [2.45, 2.75) is 33.4 Å². The summed E-state index contributed by atoms with van der Waals surface area (Å²) in [6, 6.07) is 5.38. The quantitative estimate of drug-likeness (QED) is 0.830. The average molecular weight is 294 g/mol. The molecule has 0 atom stereocenters. The maximum Gasteiger partial charge on any atom is 0.132 e. The van der Waals surface area contributed by atoms with Gasteiger partial charge < -0.3 is 5.32 Å². The van der Waals surface area contributed by atoms with Gasteiger partial charge in [0.05, 0.1) is 0 Å². The van der Waals surface area contributed by atoms with Crippen molar-refractivity contribution in [3.05, 3.63) is 34.5 Å². The van der Waals surface area contributed by atoms with Gasteiger partial charge in [-0.05, 0) is 44.3 Å². The smallest absolute Gasteiger partial charge is 0.132 e. The Hall–Kier alpha value is -0.970. The molecule has 1 aromatic heterocycles. The summed E-state index contributed by atoms with van der Waals surface area (Å²) in [5, 5.41) is 4.01. The summed E-state index contributed by atoms with van der Waals surface area (Å²) in [4.78, 5) is 3.63. The van der Waals surface area contributed by atoms with Crippen molar-refractivity contribution < 1.29 is 4.39 Å². The zero-order valence-corrected chi connectivity index (χ0v) is 13.3. The molecule has 0 unspecified atom stereocenters. The Labute approximate surface area is 124 Å².